The normalized spacial score (nSPS) is 11.1. The number of primary amides is 2. The Kier molecular flexibility index (Phi) is 3.96. The van der Waals surface area contributed by atoms with Gasteiger partial charge in [0.2, 0.25) is 11.8 Å². The second-order valence-corrected chi connectivity index (χ2v) is 5.44. The Hall–Kier alpha value is -2.04. The van der Waals surface area contributed by atoms with E-state index in [9.17, 15) is 9.59 Å². The van der Waals surface area contributed by atoms with Crippen LogP contribution in [0.4, 0.5) is 5.69 Å². The minimum atomic E-state index is -0.586. The van der Waals surface area contributed by atoms with Crippen molar-refractivity contribution < 1.29 is 9.59 Å². The highest BCUT2D eigenvalue weighted by Gasteiger charge is 2.12. The van der Waals surface area contributed by atoms with Gasteiger partial charge in [0.25, 0.3) is 0 Å². The maximum atomic E-state index is 11.2. The molecule has 0 unspecified atom stereocenters. The quantitative estimate of drug-likeness (QED) is 0.751. The molecule has 0 bridgehead atoms. The molecule has 5 heteroatoms. The van der Waals surface area contributed by atoms with Gasteiger partial charge in [0.1, 0.15) is 0 Å². The number of benzene rings is 1. The number of hydrogen-bond acceptors (Lipinski definition) is 3. The molecule has 0 heterocycles. The fraction of sp³-hybridized carbons (Fsp3) is 0.385. The molecule has 0 aromatic heterocycles. The molecule has 0 aliphatic carbocycles. The van der Waals surface area contributed by atoms with Crippen molar-refractivity contribution in [2.75, 3.05) is 11.9 Å². The summed E-state index contributed by atoms with van der Waals surface area (Å²) in [7, 11) is 0. The summed E-state index contributed by atoms with van der Waals surface area (Å²) in [6, 6.07) is 4.62. The summed E-state index contributed by atoms with van der Waals surface area (Å²) >= 11 is 0. The third kappa shape index (κ3) is 4.08. The van der Waals surface area contributed by atoms with Crippen LogP contribution in [0.15, 0.2) is 18.2 Å². The number of amides is 2. The molecule has 0 aliphatic rings. The van der Waals surface area contributed by atoms with Crippen molar-refractivity contribution in [3.8, 4) is 0 Å². The predicted octanol–water partition coefficient (Wildman–Crippen LogP) is 1.34. The maximum absolute atomic E-state index is 11.2. The standard InChI is InChI=1S/C13H19N3O2/c1-13(2,3)7-16-10-5-8(11(14)17)4-9(6-10)12(15)18/h4-6,16H,7H2,1-3H3,(H2,14,17)(H2,15,18). The van der Waals surface area contributed by atoms with Gasteiger partial charge in [-0.25, -0.2) is 0 Å². The summed E-state index contributed by atoms with van der Waals surface area (Å²) in [6.07, 6.45) is 0. The van der Waals surface area contributed by atoms with Crippen molar-refractivity contribution >= 4 is 17.5 Å². The lowest BCUT2D eigenvalue weighted by atomic mass is 9.96. The Balaban J connectivity index is 3.04. The Morgan fingerprint density at radius 3 is 1.83 bits per heavy atom. The lowest BCUT2D eigenvalue weighted by Crippen LogP contribution is -2.20. The number of carbonyl (C=O) groups is 2. The lowest BCUT2D eigenvalue weighted by molar-refractivity contribution is 0.0999. The molecule has 98 valence electrons. The Morgan fingerprint density at radius 2 is 1.50 bits per heavy atom. The molecule has 1 aromatic carbocycles. The molecule has 18 heavy (non-hydrogen) atoms. The zero-order valence-corrected chi connectivity index (χ0v) is 10.9. The van der Waals surface area contributed by atoms with E-state index in [-0.39, 0.29) is 16.5 Å². The second kappa shape index (κ2) is 5.08. The zero-order valence-electron chi connectivity index (χ0n) is 10.9. The first-order chi connectivity index (χ1) is 8.19. The number of nitrogens with one attached hydrogen (secondary N) is 1. The van der Waals surface area contributed by atoms with E-state index in [2.05, 4.69) is 26.1 Å². The Labute approximate surface area is 107 Å². The maximum Gasteiger partial charge on any atom is 0.248 e. The van der Waals surface area contributed by atoms with E-state index in [0.29, 0.717) is 12.2 Å². The van der Waals surface area contributed by atoms with Crippen LogP contribution in [0.25, 0.3) is 0 Å². The zero-order chi connectivity index (χ0) is 13.9. The minimum Gasteiger partial charge on any atom is -0.384 e. The van der Waals surface area contributed by atoms with Gasteiger partial charge in [-0.3, -0.25) is 9.59 Å². The summed E-state index contributed by atoms with van der Waals surface area (Å²) in [4.78, 5) is 22.3. The van der Waals surface area contributed by atoms with Crippen LogP contribution in [0.3, 0.4) is 0 Å². The molecule has 0 aliphatic heterocycles. The van der Waals surface area contributed by atoms with Crippen LogP contribution in [0, 0.1) is 5.41 Å². The molecule has 2 amide bonds. The van der Waals surface area contributed by atoms with Crippen LogP contribution in [0.5, 0.6) is 0 Å². The van der Waals surface area contributed by atoms with Crippen LogP contribution in [0.1, 0.15) is 41.5 Å². The molecule has 0 atom stereocenters. The summed E-state index contributed by atoms with van der Waals surface area (Å²) < 4.78 is 0. The smallest absolute Gasteiger partial charge is 0.248 e. The SMILES string of the molecule is CC(C)(C)CNc1cc(C(N)=O)cc(C(N)=O)c1. The van der Waals surface area contributed by atoms with E-state index in [1.807, 2.05) is 0 Å². The van der Waals surface area contributed by atoms with Crippen LogP contribution < -0.4 is 16.8 Å². The Bertz CT molecular complexity index is 443. The fourth-order valence-corrected chi connectivity index (χ4v) is 1.38. The Morgan fingerprint density at radius 1 is 1.06 bits per heavy atom. The summed E-state index contributed by atoms with van der Waals surface area (Å²) in [5.74, 6) is -1.17. The number of carbonyl (C=O) groups excluding carboxylic acids is 2. The van der Waals surface area contributed by atoms with Gasteiger partial charge in [-0.2, -0.15) is 0 Å². The van der Waals surface area contributed by atoms with Gasteiger partial charge in [0, 0.05) is 23.4 Å². The number of anilines is 1. The molecule has 0 fully saturated rings. The van der Waals surface area contributed by atoms with E-state index in [1.165, 1.54) is 6.07 Å². The molecule has 1 rings (SSSR count). The molecular formula is C13H19N3O2. The third-order valence-corrected chi connectivity index (χ3v) is 2.32. The van der Waals surface area contributed by atoms with Crippen molar-refractivity contribution in [2.45, 2.75) is 20.8 Å². The van der Waals surface area contributed by atoms with Gasteiger partial charge >= 0.3 is 0 Å². The van der Waals surface area contributed by atoms with Crippen molar-refractivity contribution in [1.29, 1.82) is 0 Å². The molecule has 0 saturated carbocycles. The van der Waals surface area contributed by atoms with E-state index < -0.39 is 11.8 Å². The molecule has 5 N–H and O–H groups in total. The molecule has 0 radical (unpaired) electrons. The van der Waals surface area contributed by atoms with Crippen molar-refractivity contribution in [1.82, 2.24) is 0 Å². The van der Waals surface area contributed by atoms with Crippen LogP contribution in [0.2, 0.25) is 0 Å². The van der Waals surface area contributed by atoms with Crippen molar-refractivity contribution in [2.24, 2.45) is 16.9 Å². The topological polar surface area (TPSA) is 98.2 Å². The molecule has 1 aromatic rings. The predicted molar refractivity (Wildman–Crippen MR) is 71.4 cm³/mol. The van der Waals surface area contributed by atoms with Crippen LogP contribution in [-0.4, -0.2) is 18.4 Å². The molecule has 0 saturated heterocycles. The van der Waals surface area contributed by atoms with Crippen molar-refractivity contribution in [3.05, 3.63) is 29.3 Å². The number of hydrogen-bond donors (Lipinski definition) is 3. The summed E-state index contributed by atoms with van der Waals surface area (Å²) in [5, 5.41) is 3.16. The van der Waals surface area contributed by atoms with E-state index in [1.54, 1.807) is 12.1 Å². The first-order valence-corrected chi connectivity index (χ1v) is 5.67. The first-order valence-electron chi connectivity index (χ1n) is 5.67. The van der Waals surface area contributed by atoms with Gasteiger partial charge in [-0.1, -0.05) is 20.8 Å². The largest absolute Gasteiger partial charge is 0.384 e. The van der Waals surface area contributed by atoms with E-state index in [0.717, 1.165) is 0 Å². The van der Waals surface area contributed by atoms with Crippen LogP contribution >= 0.6 is 0 Å². The van der Waals surface area contributed by atoms with E-state index in [4.69, 9.17) is 11.5 Å². The summed E-state index contributed by atoms with van der Waals surface area (Å²) in [6.45, 7) is 6.93. The fourth-order valence-electron chi connectivity index (χ4n) is 1.38. The van der Waals surface area contributed by atoms with Crippen LogP contribution in [-0.2, 0) is 0 Å². The van der Waals surface area contributed by atoms with Crippen molar-refractivity contribution in [3.63, 3.8) is 0 Å². The van der Waals surface area contributed by atoms with Gasteiger partial charge in [0.15, 0.2) is 0 Å². The monoisotopic (exact) mass is 249 g/mol. The van der Waals surface area contributed by atoms with Gasteiger partial charge in [0.05, 0.1) is 0 Å². The number of rotatable bonds is 4. The van der Waals surface area contributed by atoms with E-state index >= 15 is 0 Å². The molecular weight excluding hydrogens is 230 g/mol. The highest BCUT2D eigenvalue weighted by atomic mass is 16.1. The molecule has 5 nitrogen and oxygen atoms in total. The van der Waals surface area contributed by atoms with Gasteiger partial charge < -0.3 is 16.8 Å². The highest BCUT2D eigenvalue weighted by molar-refractivity contribution is 5.99. The van der Waals surface area contributed by atoms with Gasteiger partial charge in [-0.15, -0.1) is 0 Å². The third-order valence-electron chi connectivity index (χ3n) is 2.32. The molecule has 0 spiro atoms. The van der Waals surface area contributed by atoms with Gasteiger partial charge in [-0.05, 0) is 23.6 Å². The average molecular weight is 249 g/mol. The lowest BCUT2D eigenvalue weighted by Gasteiger charge is -2.20. The summed E-state index contributed by atoms with van der Waals surface area (Å²) in [5.41, 5.74) is 11.7. The highest BCUT2D eigenvalue weighted by Crippen LogP contribution is 2.18. The first kappa shape index (κ1) is 14.0. The second-order valence-electron chi connectivity index (χ2n) is 5.44. The number of nitrogens with two attached hydrogens (primary N) is 2. The average Bonchev–Trinajstić information content (AvgIpc) is 2.25. The minimum absolute atomic E-state index is 0.0790.